The fourth-order valence-electron chi connectivity index (χ4n) is 1.68. The van der Waals surface area contributed by atoms with Gasteiger partial charge in [-0.2, -0.15) is 0 Å². The highest BCUT2D eigenvalue weighted by Gasteiger charge is 2.10. The molecule has 1 rings (SSSR count). The van der Waals surface area contributed by atoms with Gasteiger partial charge in [-0.15, -0.1) is 0 Å². The topological polar surface area (TPSA) is 75.6 Å². The van der Waals surface area contributed by atoms with Crippen molar-refractivity contribution >= 4 is 11.9 Å². The molecule has 0 fully saturated rings. The van der Waals surface area contributed by atoms with E-state index in [2.05, 4.69) is 5.32 Å². The Morgan fingerprint density at radius 1 is 1.32 bits per heavy atom. The number of hydrogen-bond acceptors (Lipinski definition) is 3. The third-order valence-corrected chi connectivity index (χ3v) is 2.76. The van der Waals surface area contributed by atoms with Crippen molar-refractivity contribution < 1.29 is 19.4 Å². The predicted molar refractivity (Wildman–Crippen MR) is 71.4 cm³/mol. The Morgan fingerprint density at radius 3 is 2.47 bits per heavy atom. The molecule has 0 spiro atoms. The third kappa shape index (κ3) is 5.42. The zero-order valence-corrected chi connectivity index (χ0v) is 11.2. The van der Waals surface area contributed by atoms with E-state index >= 15 is 0 Å². The summed E-state index contributed by atoms with van der Waals surface area (Å²) in [5.74, 6) is -0.273. The first kappa shape index (κ1) is 15.0. The van der Waals surface area contributed by atoms with Crippen LogP contribution in [0.1, 0.15) is 36.5 Å². The molecular formula is C14H19NO4. The van der Waals surface area contributed by atoms with E-state index < -0.39 is 5.97 Å². The van der Waals surface area contributed by atoms with E-state index in [0.717, 1.165) is 0 Å². The Balaban J connectivity index is 2.42. The monoisotopic (exact) mass is 265 g/mol. The minimum Gasteiger partial charge on any atom is -0.497 e. The van der Waals surface area contributed by atoms with Crippen molar-refractivity contribution in [3.63, 3.8) is 0 Å². The third-order valence-electron chi connectivity index (χ3n) is 2.76. The van der Waals surface area contributed by atoms with Crippen LogP contribution >= 0.6 is 0 Å². The molecule has 0 radical (unpaired) electrons. The zero-order valence-electron chi connectivity index (χ0n) is 11.2. The van der Waals surface area contributed by atoms with Crippen LogP contribution in [0.4, 0.5) is 0 Å². The van der Waals surface area contributed by atoms with Gasteiger partial charge in [0.1, 0.15) is 5.75 Å². The molecule has 19 heavy (non-hydrogen) atoms. The van der Waals surface area contributed by atoms with Crippen LogP contribution in [0, 0.1) is 0 Å². The second-order valence-electron chi connectivity index (χ2n) is 4.39. The maximum atomic E-state index is 11.9. The lowest BCUT2D eigenvalue weighted by Gasteiger charge is -2.13. The Bertz CT molecular complexity index is 428. The number of rotatable bonds is 7. The molecule has 0 aliphatic rings. The predicted octanol–water partition coefficient (Wildman–Crippen LogP) is 2.07. The van der Waals surface area contributed by atoms with Crippen molar-refractivity contribution in [1.82, 2.24) is 5.32 Å². The average Bonchev–Trinajstić information content (AvgIpc) is 2.38. The molecule has 0 aliphatic heterocycles. The van der Waals surface area contributed by atoms with Crippen LogP contribution in [0.15, 0.2) is 24.3 Å². The SMILES string of the molecule is COc1ccc(C(=O)NC(C)CCCC(=O)O)cc1. The summed E-state index contributed by atoms with van der Waals surface area (Å²) < 4.78 is 5.02. The molecule has 2 N–H and O–H groups in total. The molecule has 1 unspecified atom stereocenters. The van der Waals surface area contributed by atoms with Crippen LogP contribution < -0.4 is 10.1 Å². The number of ether oxygens (including phenoxy) is 1. The highest BCUT2D eigenvalue weighted by Crippen LogP contribution is 2.11. The lowest BCUT2D eigenvalue weighted by molar-refractivity contribution is -0.137. The van der Waals surface area contributed by atoms with E-state index in [0.29, 0.717) is 24.2 Å². The Labute approximate surface area is 112 Å². The Kier molecular flexibility index (Phi) is 5.85. The largest absolute Gasteiger partial charge is 0.497 e. The number of carboxylic acids is 1. The highest BCUT2D eigenvalue weighted by atomic mass is 16.5. The molecule has 0 aromatic heterocycles. The van der Waals surface area contributed by atoms with Crippen LogP contribution in [-0.4, -0.2) is 30.1 Å². The fourth-order valence-corrected chi connectivity index (χ4v) is 1.68. The van der Waals surface area contributed by atoms with Crippen molar-refractivity contribution in [2.24, 2.45) is 0 Å². The van der Waals surface area contributed by atoms with Crippen LogP contribution in [0.2, 0.25) is 0 Å². The summed E-state index contributed by atoms with van der Waals surface area (Å²) in [6.45, 7) is 1.86. The van der Waals surface area contributed by atoms with Gasteiger partial charge in [-0.05, 0) is 44.0 Å². The quantitative estimate of drug-likeness (QED) is 0.791. The van der Waals surface area contributed by atoms with Crippen molar-refractivity contribution in [3.05, 3.63) is 29.8 Å². The summed E-state index contributed by atoms with van der Waals surface area (Å²) in [5.41, 5.74) is 0.561. The van der Waals surface area contributed by atoms with Crippen LogP contribution in [-0.2, 0) is 4.79 Å². The average molecular weight is 265 g/mol. The van der Waals surface area contributed by atoms with Gasteiger partial charge < -0.3 is 15.2 Å². The zero-order chi connectivity index (χ0) is 14.3. The molecule has 0 saturated heterocycles. The van der Waals surface area contributed by atoms with Gasteiger partial charge in [-0.3, -0.25) is 9.59 Å². The second kappa shape index (κ2) is 7.41. The van der Waals surface area contributed by atoms with Gasteiger partial charge >= 0.3 is 5.97 Å². The summed E-state index contributed by atoms with van der Waals surface area (Å²) in [7, 11) is 1.57. The molecule has 1 aromatic carbocycles. The number of benzene rings is 1. The van der Waals surface area contributed by atoms with Gasteiger partial charge in [-0.25, -0.2) is 0 Å². The molecule has 5 heteroatoms. The number of amides is 1. The van der Waals surface area contributed by atoms with E-state index in [-0.39, 0.29) is 18.4 Å². The van der Waals surface area contributed by atoms with Gasteiger partial charge in [0, 0.05) is 18.0 Å². The first-order valence-corrected chi connectivity index (χ1v) is 6.19. The normalized spacial score (nSPS) is 11.7. The van der Waals surface area contributed by atoms with Crippen LogP contribution in [0.3, 0.4) is 0 Å². The second-order valence-corrected chi connectivity index (χ2v) is 4.39. The van der Waals surface area contributed by atoms with E-state index in [4.69, 9.17) is 9.84 Å². The van der Waals surface area contributed by atoms with E-state index in [1.54, 1.807) is 31.4 Å². The first-order valence-electron chi connectivity index (χ1n) is 6.19. The van der Waals surface area contributed by atoms with Crippen molar-refractivity contribution in [1.29, 1.82) is 0 Å². The number of aliphatic carboxylic acids is 1. The molecule has 0 aliphatic carbocycles. The molecule has 0 bridgehead atoms. The van der Waals surface area contributed by atoms with Crippen molar-refractivity contribution in [2.75, 3.05) is 7.11 Å². The van der Waals surface area contributed by atoms with Crippen LogP contribution in [0.5, 0.6) is 5.75 Å². The van der Waals surface area contributed by atoms with Crippen molar-refractivity contribution in [3.8, 4) is 5.75 Å². The summed E-state index contributed by atoms with van der Waals surface area (Å²) in [6, 6.07) is 6.79. The van der Waals surface area contributed by atoms with Crippen molar-refractivity contribution in [2.45, 2.75) is 32.2 Å². The smallest absolute Gasteiger partial charge is 0.303 e. The molecular weight excluding hydrogens is 246 g/mol. The number of hydrogen-bond donors (Lipinski definition) is 2. The molecule has 5 nitrogen and oxygen atoms in total. The molecule has 0 heterocycles. The Hall–Kier alpha value is -2.04. The lowest BCUT2D eigenvalue weighted by Crippen LogP contribution is -2.32. The number of nitrogens with one attached hydrogen (secondary N) is 1. The Morgan fingerprint density at radius 2 is 1.95 bits per heavy atom. The number of carbonyl (C=O) groups is 2. The summed E-state index contributed by atoms with van der Waals surface area (Å²) in [5, 5.41) is 11.4. The molecule has 104 valence electrons. The minimum atomic E-state index is -0.811. The van der Waals surface area contributed by atoms with E-state index in [1.165, 1.54) is 0 Å². The molecule has 1 amide bonds. The fraction of sp³-hybridized carbons (Fsp3) is 0.429. The minimum absolute atomic E-state index is 0.0473. The molecule has 1 atom stereocenters. The number of methoxy groups -OCH3 is 1. The van der Waals surface area contributed by atoms with E-state index in [9.17, 15) is 9.59 Å². The molecule has 0 saturated carbocycles. The van der Waals surface area contributed by atoms with E-state index in [1.807, 2.05) is 6.92 Å². The standard InChI is InChI=1S/C14H19NO4/c1-10(4-3-5-13(16)17)15-14(18)11-6-8-12(19-2)9-7-11/h6-10H,3-5H2,1-2H3,(H,15,18)(H,16,17). The maximum Gasteiger partial charge on any atom is 0.303 e. The van der Waals surface area contributed by atoms with Gasteiger partial charge in [0.05, 0.1) is 7.11 Å². The van der Waals surface area contributed by atoms with Gasteiger partial charge in [0.25, 0.3) is 5.91 Å². The summed E-state index contributed by atoms with van der Waals surface area (Å²) in [4.78, 5) is 22.3. The van der Waals surface area contributed by atoms with Gasteiger partial charge in [0.2, 0.25) is 0 Å². The number of carboxylic acid groups (broad SMARTS) is 1. The molecule has 1 aromatic rings. The van der Waals surface area contributed by atoms with Gasteiger partial charge in [0.15, 0.2) is 0 Å². The highest BCUT2D eigenvalue weighted by molar-refractivity contribution is 5.94. The first-order chi connectivity index (χ1) is 9.02. The summed E-state index contributed by atoms with van der Waals surface area (Å²) >= 11 is 0. The maximum absolute atomic E-state index is 11.9. The van der Waals surface area contributed by atoms with Gasteiger partial charge in [-0.1, -0.05) is 0 Å². The number of carbonyl (C=O) groups excluding carboxylic acids is 1. The lowest BCUT2D eigenvalue weighted by atomic mass is 10.1. The van der Waals surface area contributed by atoms with Crippen LogP contribution in [0.25, 0.3) is 0 Å². The summed E-state index contributed by atoms with van der Waals surface area (Å²) in [6.07, 6.45) is 1.33.